The number of methoxy groups -OCH3 is 1. The van der Waals surface area contributed by atoms with Crippen molar-refractivity contribution in [1.29, 1.82) is 0 Å². The highest BCUT2D eigenvalue weighted by Gasteiger charge is 2.16. The van der Waals surface area contributed by atoms with E-state index < -0.39 is 0 Å². The van der Waals surface area contributed by atoms with E-state index in [4.69, 9.17) is 15.2 Å². The second kappa shape index (κ2) is 6.99. The van der Waals surface area contributed by atoms with Crippen LogP contribution in [0.1, 0.15) is 11.7 Å². The van der Waals surface area contributed by atoms with Crippen molar-refractivity contribution in [3.8, 4) is 11.5 Å². The van der Waals surface area contributed by atoms with E-state index in [1.54, 1.807) is 7.11 Å². The SMILES string of the molecule is COc1ccccc1C(CN)Oc1cccc(N(C)C)c1. The molecule has 0 aliphatic heterocycles. The zero-order valence-electron chi connectivity index (χ0n) is 12.7. The van der Waals surface area contributed by atoms with Gasteiger partial charge in [-0.3, -0.25) is 0 Å². The minimum absolute atomic E-state index is 0.237. The Kier molecular flexibility index (Phi) is 5.06. The van der Waals surface area contributed by atoms with Gasteiger partial charge in [0.2, 0.25) is 0 Å². The van der Waals surface area contributed by atoms with Crippen LogP contribution in [0.15, 0.2) is 48.5 Å². The predicted octanol–water partition coefficient (Wildman–Crippen LogP) is 2.84. The lowest BCUT2D eigenvalue weighted by atomic mass is 10.1. The van der Waals surface area contributed by atoms with Gasteiger partial charge in [-0.1, -0.05) is 24.3 Å². The smallest absolute Gasteiger partial charge is 0.139 e. The molecule has 2 N–H and O–H groups in total. The lowest BCUT2D eigenvalue weighted by Gasteiger charge is -2.21. The predicted molar refractivity (Wildman–Crippen MR) is 86.2 cm³/mol. The van der Waals surface area contributed by atoms with Crippen molar-refractivity contribution in [2.75, 3.05) is 32.6 Å². The van der Waals surface area contributed by atoms with E-state index in [-0.39, 0.29) is 6.10 Å². The van der Waals surface area contributed by atoms with Gasteiger partial charge < -0.3 is 20.1 Å². The van der Waals surface area contributed by atoms with Crippen LogP contribution < -0.4 is 20.1 Å². The third-order valence-corrected chi connectivity index (χ3v) is 3.31. The summed E-state index contributed by atoms with van der Waals surface area (Å²) >= 11 is 0. The molecular weight excluding hydrogens is 264 g/mol. The maximum Gasteiger partial charge on any atom is 0.139 e. The largest absolute Gasteiger partial charge is 0.496 e. The first kappa shape index (κ1) is 15.2. The number of nitrogens with two attached hydrogens (primary N) is 1. The average molecular weight is 286 g/mol. The fourth-order valence-electron chi connectivity index (χ4n) is 2.17. The van der Waals surface area contributed by atoms with Gasteiger partial charge in [0.05, 0.1) is 7.11 Å². The molecule has 0 aromatic heterocycles. The van der Waals surface area contributed by atoms with Crippen LogP contribution in [0.4, 0.5) is 5.69 Å². The van der Waals surface area contributed by atoms with E-state index in [9.17, 15) is 0 Å². The Labute approximate surface area is 126 Å². The molecule has 0 aliphatic carbocycles. The van der Waals surface area contributed by atoms with E-state index in [0.717, 1.165) is 22.7 Å². The first-order valence-corrected chi connectivity index (χ1v) is 6.92. The number of para-hydroxylation sites is 1. The highest BCUT2D eigenvalue weighted by molar-refractivity contribution is 5.49. The van der Waals surface area contributed by atoms with Crippen LogP contribution in [-0.4, -0.2) is 27.7 Å². The zero-order valence-corrected chi connectivity index (χ0v) is 12.7. The van der Waals surface area contributed by atoms with Gasteiger partial charge in [0, 0.05) is 38.0 Å². The van der Waals surface area contributed by atoms with Gasteiger partial charge in [-0.05, 0) is 18.2 Å². The normalized spacial score (nSPS) is 11.8. The molecule has 0 heterocycles. The van der Waals surface area contributed by atoms with Crippen LogP contribution in [0, 0.1) is 0 Å². The zero-order chi connectivity index (χ0) is 15.2. The molecule has 1 unspecified atom stereocenters. The molecule has 112 valence electrons. The Balaban J connectivity index is 2.25. The van der Waals surface area contributed by atoms with Crippen LogP contribution in [0.5, 0.6) is 11.5 Å². The minimum Gasteiger partial charge on any atom is -0.496 e. The molecule has 2 aromatic carbocycles. The summed E-state index contributed by atoms with van der Waals surface area (Å²) in [5.41, 5.74) is 7.93. The van der Waals surface area contributed by atoms with Gasteiger partial charge in [-0.15, -0.1) is 0 Å². The van der Waals surface area contributed by atoms with Crippen LogP contribution in [0.3, 0.4) is 0 Å². The average Bonchev–Trinajstić information content (AvgIpc) is 2.52. The minimum atomic E-state index is -0.237. The van der Waals surface area contributed by atoms with Crippen molar-refractivity contribution >= 4 is 5.69 Å². The van der Waals surface area contributed by atoms with E-state index in [2.05, 4.69) is 0 Å². The van der Waals surface area contributed by atoms with Crippen molar-refractivity contribution in [2.24, 2.45) is 5.73 Å². The van der Waals surface area contributed by atoms with Crippen molar-refractivity contribution in [2.45, 2.75) is 6.10 Å². The van der Waals surface area contributed by atoms with Crippen molar-refractivity contribution < 1.29 is 9.47 Å². The fraction of sp³-hybridized carbons (Fsp3) is 0.294. The molecule has 0 saturated carbocycles. The Bertz CT molecular complexity index is 585. The molecule has 0 aliphatic rings. The van der Waals surface area contributed by atoms with E-state index >= 15 is 0 Å². The molecule has 0 saturated heterocycles. The number of benzene rings is 2. The molecule has 0 bridgehead atoms. The molecular formula is C17H22N2O2. The molecule has 1 atom stereocenters. The summed E-state index contributed by atoms with van der Waals surface area (Å²) in [6, 6.07) is 15.7. The Hall–Kier alpha value is -2.20. The van der Waals surface area contributed by atoms with Crippen molar-refractivity contribution in [3.63, 3.8) is 0 Å². The standard InChI is InChI=1S/C17H22N2O2/c1-19(2)13-7-6-8-14(11-13)21-17(12-18)15-9-4-5-10-16(15)20-3/h4-11,17H,12,18H2,1-3H3. The highest BCUT2D eigenvalue weighted by atomic mass is 16.5. The highest BCUT2D eigenvalue weighted by Crippen LogP contribution is 2.29. The Morgan fingerprint density at radius 2 is 1.86 bits per heavy atom. The molecule has 4 nitrogen and oxygen atoms in total. The summed E-state index contributed by atoms with van der Waals surface area (Å²) in [5, 5.41) is 0. The summed E-state index contributed by atoms with van der Waals surface area (Å²) in [4.78, 5) is 2.04. The van der Waals surface area contributed by atoms with Gasteiger partial charge in [-0.25, -0.2) is 0 Å². The molecule has 0 fully saturated rings. The molecule has 21 heavy (non-hydrogen) atoms. The van der Waals surface area contributed by atoms with Gasteiger partial charge >= 0.3 is 0 Å². The van der Waals surface area contributed by atoms with Gasteiger partial charge in [0.15, 0.2) is 0 Å². The third-order valence-electron chi connectivity index (χ3n) is 3.31. The molecule has 0 radical (unpaired) electrons. The van der Waals surface area contributed by atoms with E-state index in [0.29, 0.717) is 6.54 Å². The van der Waals surface area contributed by atoms with Crippen LogP contribution in [0.25, 0.3) is 0 Å². The Morgan fingerprint density at radius 1 is 1.10 bits per heavy atom. The molecule has 2 rings (SSSR count). The summed E-state index contributed by atoms with van der Waals surface area (Å²) < 4.78 is 11.4. The second-order valence-corrected chi connectivity index (χ2v) is 4.98. The first-order valence-electron chi connectivity index (χ1n) is 6.92. The molecule has 0 amide bonds. The number of hydrogen-bond acceptors (Lipinski definition) is 4. The van der Waals surface area contributed by atoms with Crippen molar-refractivity contribution in [3.05, 3.63) is 54.1 Å². The van der Waals surface area contributed by atoms with Crippen molar-refractivity contribution in [1.82, 2.24) is 0 Å². The lowest BCUT2D eigenvalue weighted by Crippen LogP contribution is -2.19. The number of nitrogens with zero attached hydrogens (tertiary/aromatic N) is 1. The summed E-state index contributed by atoms with van der Waals surface area (Å²) in [5.74, 6) is 1.58. The molecule has 4 heteroatoms. The first-order chi connectivity index (χ1) is 10.2. The van der Waals surface area contributed by atoms with Crippen LogP contribution in [0.2, 0.25) is 0 Å². The maximum absolute atomic E-state index is 6.05. The van der Waals surface area contributed by atoms with E-state index in [1.807, 2.05) is 67.5 Å². The number of ether oxygens (including phenoxy) is 2. The summed E-state index contributed by atoms with van der Waals surface area (Å²) in [6.45, 7) is 0.382. The Morgan fingerprint density at radius 3 is 2.52 bits per heavy atom. The maximum atomic E-state index is 6.05. The fourth-order valence-corrected chi connectivity index (χ4v) is 2.17. The monoisotopic (exact) mass is 286 g/mol. The summed E-state index contributed by atoms with van der Waals surface area (Å²) in [6.07, 6.45) is -0.237. The van der Waals surface area contributed by atoms with Gasteiger partial charge in [0.1, 0.15) is 17.6 Å². The quantitative estimate of drug-likeness (QED) is 0.887. The van der Waals surface area contributed by atoms with Gasteiger partial charge in [0.25, 0.3) is 0 Å². The number of hydrogen-bond donors (Lipinski definition) is 1. The number of anilines is 1. The summed E-state index contributed by atoms with van der Waals surface area (Å²) in [7, 11) is 5.65. The van der Waals surface area contributed by atoms with E-state index in [1.165, 1.54) is 0 Å². The van der Waals surface area contributed by atoms with Gasteiger partial charge in [-0.2, -0.15) is 0 Å². The third kappa shape index (κ3) is 3.67. The molecule has 0 spiro atoms. The lowest BCUT2D eigenvalue weighted by molar-refractivity contribution is 0.209. The molecule has 2 aromatic rings. The second-order valence-electron chi connectivity index (χ2n) is 4.98. The number of rotatable bonds is 6. The van der Waals surface area contributed by atoms with Crippen LogP contribution in [-0.2, 0) is 0 Å². The van der Waals surface area contributed by atoms with Crippen LogP contribution >= 0.6 is 0 Å². The topological polar surface area (TPSA) is 47.7 Å².